The Kier molecular flexibility index (Phi) is 4.94. The van der Waals surface area contributed by atoms with Gasteiger partial charge in [0, 0.05) is 19.8 Å². The molecule has 1 aromatic carbocycles. The molecule has 0 aliphatic rings. The molecule has 0 radical (unpaired) electrons. The Labute approximate surface area is 114 Å². The van der Waals surface area contributed by atoms with Crippen LogP contribution in [0.4, 0.5) is 5.69 Å². The van der Waals surface area contributed by atoms with Gasteiger partial charge in [-0.3, -0.25) is 4.31 Å². The van der Waals surface area contributed by atoms with Crippen LogP contribution in [0, 0.1) is 0 Å². The maximum absolute atomic E-state index is 12.0. The molecule has 19 heavy (non-hydrogen) atoms. The van der Waals surface area contributed by atoms with Crippen molar-refractivity contribution in [2.45, 2.75) is 6.54 Å². The summed E-state index contributed by atoms with van der Waals surface area (Å²) in [7, 11) is -5.55. The maximum atomic E-state index is 12.0. The zero-order valence-corrected chi connectivity index (χ0v) is 12.5. The second kappa shape index (κ2) is 5.89. The molecule has 0 aliphatic heterocycles. The Hall–Kier alpha value is -1.12. The fraction of sp³-hybridized carbons (Fsp3) is 0.455. The van der Waals surface area contributed by atoms with Crippen LogP contribution in [-0.2, 0) is 26.4 Å². The van der Waals surface area contributed by atoms with Crippen molar-refractivity contribution in [3.63, 3.8) is 0 Å². The molecule has 108 valence electrons. The van der Waals surface area contributed by atoms with Crippen molar-refractivity contribution in [3.8, 4) is 0 Å². The van der Waals surface area contributed by atoms with Gasteiger partial charge in [-0.15, -0.1) is 0 Å². The summed E-state index contributed by atoms with van der Waals surface area (Å²) in [4.78, 5) is 0. The molecule has 2 N–H and O–H groups in total. The third-order valence-electron chi connectivity index (χ3n) is 2.66. The molecule has 6 nitrogen and oxygen atoms in total. The van der Waals surface area contributed by atoms with E-state index in [1.165, 1.54) is 7.05 Å². The van der Waals surface area contributed by atoms with Crippen molar-refractivity contribution in [2.75, 3.05) is 29.1 Å². The van der Waals surface area contributed by atoms with Crippen molar-refractivity contribution in [1.82, 2.24) is 0 Å². The SMILES string of the molecule is CN(c1ccc(CN)cc1)S(=O)(=O)CCS(C)(=O)=O. The topological polar surface area (TPSA) is 97.5 Å². The predicted molar refractivity (Wildman–Crippen MR) is 76.2 cm³/mol. The minimum absolute atomic E-state index is 0.380. The van der Waals surface area contributed by atoms with Gasteiger partial charge in [0.2, 0.25) is 10.0 Å². The second-order valence-corrected chi connectivity index (χ2v) is 8.66. The van der Waals surface area contributed by atoms with E-state index in [0.29, 0.717) is 12.2 Å². The summed E-state index contributed by atoms with van der Waals surface area (Å²) >= 11 is 0. The van der Waals surface area contributed by atoms with Gasteiger partial charge < -0.3 is 5.73 Å². The van der Waals surface area contributed by atoms with E-state index in [0.717, 1.165) is 16.1 Å². The average molecular weight is 306 g/mol. The Morgan fingerprint density at radius 3 is 2.00 bits per heavy atom. The van der Waals surface area contributed by atoms with Crippen LogP contribution in [0.3, 0.4) is 0 Å². The zero-order valence-electron chi connectivity index (χ0n) is 10.9. The number of sulfone groups is 1. The van der Waals surface area contributed by atoms with E-state index < -0.39 is 25.6 Å². The summed E-state index contributed by atoms with van der Waals surface area (Å²) in [5.74, 6) is -0.818. The van der Waals surface area contributed by atoms with Crippen LogP contribution >= 0.6 is 0 Å². The van der Waals surface area contributed by atoms with Gasteiger partial charge in [0.15, 0.2) is 0 Å². The lowest BCUT2D eigenvalue weighted by molar-refractivity contribution is 0.589. The van der Waals surface area contributed by atoms with Gasteiger partial charge in [-0.05, 0) is 17.7 Å². The maximum Gasteiger partial charge on any atom is 0.235 e. The third kappa shape index (κ3) is 4.81. The number of rotatable bonds is 6. The van der Waals surface area contributed by atoms with Crippen molar-refractivity contribution >= 4 is 25.5 Å². The lowest BCUT2D eigenvalue weighted by Crippen LogP contribution is -2.31. The number of benzene rings is 1. The molecule has 0 spiro atoms. The largest absolute Gasteiger partial charge is 0.326 e. The first-order valence-electron chi connectivity index (χ1n) is 5.59. The van der Waals surface area contributed by atoms with E-state index in [4.69, 9.17) is 5.73 Å². The third-order valence-corrected chi connectivity index (χ3v) is 5.63. The van der Waals surface area contributed by atoms with Crippen LogP contribution in [0.1, 0.15) is 5.56 Å². The first-order chi connectivity index (χ1) is 8.65. The van der Waals surface area contributed by atoms with Gasteiger partial charge in [0.1, 0.15) is 9.84 Å². The highest BCUT2D eigenvalue weighted by atomic mass is 32.2. The van der Waals surface area contributed by atoms with Crippen molar-refractivity contribution in [1.29, 1.82) is 0 Å². The van der Waals surface area contributed by atoms with Crippen molar-refractivity contribution in [2.24, 2.45) is 5.73 Å². The zero-order chi connectivity index (χ0) is 14.7. The van der Waals surface area contributed by atoms with E-state index in [1.54, 1.807) is 24.3 Å². The molecule has 0 aromatic heterocycles. The number of nitrogens with two attached hydrogens (primary N) is 1. The molecule has 0 atom stereocenters. The van der Waals surface area contributed by atoms with Crippen LogP contribution in [0.15, 0.2) is 24.3 Å². The van der Waals surface area contributed by atoms with E-state index in [1.807, 2.05) is 0 Å². The Bertz CT molecular complexity index is 621. The van der Waals surface area contributed by atoms with Crippen molar-refractivity contribution in [3.05, 3.63) is 29.8 Å². The molecule has 0 heterocycles. The molecule has 8 heteroatoms. The van der Waals surface area contributed by atoms with Gasteiger partial charge in [-0.25, -0.2) is 16.8 Å². The molecule has 0 unspecified atom stereocenters. The quantitative estimate of drug-likeness (QED) is 0.795. The Morgan fingerprint density at radius 1 is 1.05 bits per heavy atom. The summed E-state index contributed by atoms with van der Waals surface area (Å²) in [6, 6.07) is 6.75. The smallest absolute Gasteiger partial charge is 0.235 e. The molecule has 0 saturated heterocycles. The standard InChI is InChI=1S/C11H18N2O4S2/c1-13(11-5-3-10(9-12)4-6-11)19(16,17)8-7-18(2,14)15/h3-6H,7-9,12H2,1-2H3. The highest BCUT2D eigenvalue weighted by Gasteiger charge is 2.20. The van der Waals surface area contributed by atoms with Crippen LogP contribution in [0.5, 0.6) is 0 Å². The highest BCUT2D eigenvalue weighted by molar-refractivity contribution is 7.95. The van der Waals surface area contributed by atoms with Gasteiger partial charge in [0.05, 0.1) is 17.2 Å². The summed E-state index contributed by atoms with van der Waals surface area (Å²) in [6.07, 6.45) is 1.01. The van der Waals surface area contributed by atoms with Gasteiger partial charge in [0.25, 0.3) is 0 Å². The van der Waals surface area contributed by atoms with Gasteiger partial charge in [-0.2, -0.15) is 0 Å². The van der Waals surface area contributed by atoms with E-state index in [2.05, 4.69) is 0 Å². The normalized spacial score (nSPS) is 12.4. The van der Waals surface area contributed by atoms with Crippen LogP contribution in [-0.4, -0.2) is 41.6 Å². The molecule has 0 fully saturated rings. The number of hydrogen-bond donors (Lipinski definition) is 1. The average Bonchev–Trinajstić information content (AvgIpc) is 2.35. The molecule has 0 aliphatic carbocycles. The van der Waals surface area contributed by atoms with E-state index in [-0.39, 0.29) is 5.75 Å². The van der Waals surface area contributed by atoms with Crippen LogP contribution in [0.25, 0.3) is 0 Å². The summed E-state index contributed by atoms with van der Waals surface area (Å²) in [5, 5.41) is 0. The number of anilines is 1. The molecule has 1 aromatic rings. The molecular formula is C11H18N2O4S2. The van der Waals surface area contributed by atoms with Crippen LogP contribution < -0.4 is 10.0 Å². The Balaban J connectivity index is 2.88. The second-order valence-electron chi connectivity index (χ2n) is 4.28. The van der Waals surface area contributed by atoms with Gasteiger partial charge in [-0.1, -0.05) is 12.1 Å². The minimum Gasteiger partial charge on any atom is -0.326 e. The molecule has 0 bridgehead atoms. The lowest BCUT2D eigenvalue weighted by atomic mass is 10.2. The van der Waals surface area contributed by atoms with E-state index >= 15 is 0 Å². The summed E-state index contributed by atoms with van der Waals surface area (Å²) < 4.78 is 47.1. The first kappa shape index (κ1) is 15.9. The number of nitrogens with zero attached hydrogens (tertiary/aromatic N) is 1. The molecule has 0 saturated carbocycles. The lowest BCUT2D eigenvalue weighted by Gasteiger charge is -2.19. The van der Waals surface area contributed by atoms with Crippen LogP contribution in [0.2, 0.25) is 0 Å². The highest BCUT2D eigenvalue weighted by Crippen LogP contribution is 2.17. The monoisotopic (exact) mass is 306 g/mol. The predicted octanol–water partition coefficient (Wildman–Crippen LogP) is -0.0441. The number of sulfonamides is 1. The first-order valence-corrected chi connectivity index (χ1v) is 9.26. The minimum atomic E-state index is -3.64. The number of hydrogen-bond acceptors (Lipinski definition) is 5. The molecule has 1 rings (SSSR count). The summed E-state index contributed by atoms with van der Waals surface area (Å²) in [5.41, 5.74) is 6.83. The molecule has 0 amide bonds. The fourth-order valence-corrected chi connectivity index (χ4v) is 4.17. The van der Waals surface area contributed by atoms with Gasteiger partial charge >= 0.3 is 0 Å². The summed E-state index contributed by atoms with van der Waals surface area (Å²) in [6.45, 7) is 0.380. The van der Waals surface area contributed by atoms with E-state index in [9.17, 15) is 16.8 Å². The van der Waals surface area contributed by atoms with Crippen molar-refractivity contribution < 1.29 is 16.8 Å². The fourth-order valence-electron chi connectivity index (χ4n) is 1.40. The Morgan fingerprint density at radius 2 is 1.58 bits per heavy atom. The molecular weight excluding hydrogens is 288 g/mol.